The predicted octanol–water partition coefficient (Wildman–Crippen LogP) is 1.27. The normalized spacial score (nSPS) is 48.1. The fourth-order valence-electron chi connectivity index (χ4n) is 1.39. The van der Waals surface area contributed by atoms with Crippen molar-refractivity contribution in [2.24, 2.45) is 17.6 Å². The third-order valence-corrected chi connectivity index (χ3v) is 2.52. The molecule has 2 rings (SSSR count). The van der Waals surface area contributed by atoms with Crippen LogP contribution in [-0.2, 0) is 4.74 Å². The second kappa shape index (κ2) is 2.52. The minimum absolute atomic E-state index is 0.491. The molecule has 0 radical (unpaired) electrons. The molecule has 2 aliphatic carbocycles. The first-order chi connectivity index (χ1) is 5.31. The predicted molar refractivity (Wildman–Crippen MR) is 43.9 cm³/mol. The highest BCUT2D eigenvalue weighted by Crippen LogP contribution is 2.42. The summed E-state index contributed by atoms with van der Waals surface area (Å²) >= 11 is 0. The maximum absolute atomic E-state index is 5.74. The summed E-state index contributed by atoms with van der Waals surface area (Å²) in [6, 6.07) is 0. The van der Waals surface area contributed by atoms with E-state index >= 15 is 0 Å². The van der Waals surface area contributed by atoms with Crippen LogP contribution < -0.4 is 5.73 Å². The Hall–Kier alpha value is -0.500. The summed E-state index contributed by atoms with van der Waals surface area (Å²) in [6.07, 6.45) is 7.16. The fourth-order valence-corrected chi connectivity index (χ4v) is 1.39. The van der Waals surface area contributed by atoms with E-state index in [1.165, 1.54) is 12.8 Å². The first kappa shape index (κ1) is 7.17. The van der Waals surface area contributed by atoms with Crippen LogP contribution in [0.3, 0.4) is 0 Å². The molecule has 0 amide bonds. The van der Waals surface area contributed by atoms with E-state index in [-0.39, 0.29) is 0 Å². The van der Waals surface area contributed by atoms with E-state index in [0.29, 0.717) is 18.1 Å². The molecule has 0 bridgehead atoms. The zero-order valence-electron chi connectivity index (χ0n) is 6.86. The second-order valence-corrected chi connectivity index (χ2v) is 3.71. The van der Waals surface area contributed by atoms with Crippen molar-refractivity contribution >= 4 is 0 Å². The summed E-state index contributed by atoms with van der Waals surface area (Å²) in [5.74, 6) is 1.42. The maximum Gasteiger partial charge on any atom is 0.0649 e. The van der Waals surface area contributed by atoms with Gasteiger partial charge in [0.25, 0.3) is 0 Å². The summed E-state index contributed by atoms with van der Waals surface area (Å²) in [7, 11) is 0. The molecule has 62 valence electrons. The van der Waals surface area contributed by atoms with Gasteiger partial charge in [-0.15, -0.1) is 0 Å². The van der Waals surface area contributed by atoms with Crippen LogP contribution in [-0.4, -0.2) is 12.2 Å². The Labute approximate surface area is 67.4 Å². The molecule has 2 N–H and O–H groups in total. The third-order valence-electron chi connectivity index (χ3n) is 2.52. The minimum atomic E-state index is 0.491. The lowest BCUT2D eigenvalue weighted by Gasteiger charge is -1.97. The highest BCUT2D eigenvalue weighted by Gasteiger charge is 2.43. The first-order valence-corrected chi connectivity index (χ1v) is 4.35. The van der Waals surface area contributed by atoms with Crippen molar-refractivity contribution in [3.63, 3.8) is 0 Å². The molecule has 0 heterocycles. The van der Waals surface area contributed by atoms with Gasteiger partial charge in [0.1, 0.15) is 0 Å². The SMILES string of the molecule is CC1CC1OC1CC1/C=C\N. The zero-order chi connectivity index (χ0) is 7.84. The Morgan fingerprint density at radius 2 is 2.09 bits per heavy atom. The average molecular weight is 153 g/mol. The van der Waals surface area contributed by atoms with Crippen molar-refractivity contribution < 1.29 is 4.74 Å². The second-order valence-electron chi connectivity index (χ2n) is 3.71. The molecule has 0 aromatic heterocycles. The monoisotopic (exact) mass is 153 g/mol. The van der Waals surface area contributed by atoms with E-state index in [4.69, 9.17) is 10.5 Å². The Morgan fingerprint density at radius 3 is 2.64 bits per heavy atom. The number of nitrogens with two attached hydrogens (primary N) is 1. The Balaban J connectivity index is 1.67. The molecule has 0 aromatic carbocycles. The molecular weight excluding hydrogens is 138 g/mol. The van der Waals surface area contributed by atoms with Gasteiger partial charge in [-0.05, 0) is 25.0 Å². The molecule has 2 nitrogen and oxygen atoms in total. The standard InChI is InChI=1S/C9H15NO/c1-6-4-8(6)11-9-5-7(9)2-3-10/h2-3,6-9H,4-5,10H2,1H3/b3-2-. The van der Waals surface area contributed by atoms with E-state index in [0.717, 1.165) is 5.92 Å². The molecule has 11 heavy (non-hydrogen) atoms. The summed E-state index contributed by atoms with van der Waals surface area (Å²) in [6.45, 7) is 2.24. The Kier molecular flexibility index (Phi) is 1.64. The third kappa shape index (κ3) is 1.56. The number of hydrogen-bond acceptors (Lipinski definition) is 2. The van der Waals surface area contributed by atoms with Crippen LogP contribution in [0.2, 0.25) is 0 Å². The van der Waals surface area contributed by atoms with E-state index in [1.54, 1.807) is 6.20 Å². The van der Waals surface area contributed by atoms with Crippen molar-refractivity contribution in [1.82, 2.24) is 0 Å². The van der Waals surface area contributed by atoms with E-state index in [1.807, 2.05) is 6.08 Å². The van der Waals surface area contributed by atoms with Gasteiger partial charge in [0.15, 0.2) is 0 Å². The van der Waals surface area contributed by atoms with Crippen molar-refractivity contribution in [3.8, 4) is 0 Å². The molecule has 0 saturated heterocycles. The van der Waals surface area contributed by atoms with Crippen LogP contribution in [0.25, 0.3) is 0 Å². The van der Waals surface area contributed by atoms with Gasteiger partial charge in [-0.1, -0.05) is 13.0 Å². The quantitative estimate of drug-likeness (QED) is 0.662. The van der Waals surface area contributed by atoms with Crippen molar-refractivity contribution in [2.75, 3.05) is 0 Å². The lowest BCUT2D eigenvalue weighted by Crippen LogP contribution is -1.99. The number of rotatable bonds is 3. The summed E-state index contributed by atoms with van der Waals surface area (Å²) in [5.41, 5.74) is 5.27. The van der Waals surface area contributed by atoms with Crippen molar-refractivity contribution in [2.45, 2.75) is 32.0 Å². The highest BCUT2D eigenvalue weighted by atomic mass is 16.5. The topological polar surface area (TPSA) is 35.2 Å². The van der Waals surface area contributed by atoms with Crippen LogP contribution in [0.15, 0.2) is 12.3 Å². The molecule has 0 aromatic rings. The molecule has 0 aliphatic heterocycles. The lowest BCUT2D eigenvalue weighted by molar-refractivity contribution is 0.0900. The molecule has 2 heteroatoms. The number of ether oxygens (including phenoxy) is 1. The van der Waals surface area contributed by atoms with Crippen LogP contribution >= 0.6 is 0 Å². The molecular formula is C9H15NO. The maximum atomic E-state index is 5.74. The van der Waals surface area contributed by atoms with E-state index in [2.05, 4.69) is 6.92 Å². The van der Waals surface area contributed by atoms with Gasteiger partial charge in [-0.25, -0.2) is 0 Å². The first-order valence-electron chi connectivity index (χ1n) is 4.35. The van der Waals surface area contributed by atoms with Crippen LogP contribution in [0, 0.1) is 11.8 Å². The summed E-state index contributed by atoms with van der Waals surface area (Å²) < 4.78 is 5.74. The van der Waals surface area contributed by atoms with Gasteiger partial charge in [-0.3, -0.25) is 0 Å². The van der Waals surface area contributed by atoms with Crippen LogP contribution in [0.1, 0.15) is 19.8 Å². The Morgan fingerprint density at radius 1 is 1.36 bits per heavy atom. The smallest absolute Gasteiger partial charge is 0.0649 e. The molecule has 2 fully saturated rings. The van der Waals surface area contributed by atoms with Gasteiger partial charge < -0.3 is 10.5 Å². The minimum Gasteiger partial charge on any atom is -0.405 e. The van der Waals surface area contributed by atoms with Crippen LogP contribution in [0.4, 0.5) is 0 Å². The number of hydrogen-bond donors (Lipinski definition) is 1. The van der Waals surface area contributed by atoms with Gasteiger partial charge in [-0.2, -0.15) is 0 Å². The van der Waals surface area contributed by atoms with Crippen molar-refractivity contribution in [3.05, 3.63) is 12.3 Å². The van der Waals surface area contributed by atoms with Gasteiger partial charge in [0, 0.05) is 5.92 Å². The molecule has 4 unspecified atom stereocenters. The molecule has 4 atom stereocenters. The Bertz CT molecular complexity index is 178. The summed E-state index contributed by atoms with van der Waals surface area (Å²) in [5, 5.41) is 0. The lowest BCUT2D eigenvalue weighted by atomic mass is 10.4. The van der Waals surface area contributed by atoms with Crippen molar-refractivity contribution in [1.29, 1.82) is 0 Å². The van der Waals surface area contributed by atoms with E-state index in [9.17, 15) is 0 Å². The molecule has 2 saturated carbocycles. The summed E-state index contributed by atoms with van der Waals surface area (Å²) in [4.78, 5) is 0. The zero-order valence-corrected chi connectivity index (χ0v) is 6.86. The molecule has 2 aliphatic rings. The highest BCUT2D eigenvalue weighted by molar-refractivity contribution is 5.03. The fraction of sp³-hybridized carbons (Fsp3) is 0.778. The largest absolute Gasteiger partial charge is 0.405 e. The van der Waals surface area contributed by atoms with E-state index < -0.39 is 0 Å². The van der Waals surface area contributed by atoms with Gasteiger partial charge in [0.2, 0.25) is 0 Å². The molecule has 0 spiro atoms. The van der Waals surface area contributed by atoms with Gasteiger partial charge >= 0.3 is 0 Å². The average Bonchev–Trinajstić information content (AvgIpc) is 2.80. The van der Waals surface area contributed by atoms with Crippen LogP contribution in [0.5, 0.6) is 0 Å². The van der Waals surface area contributed by atoms with Gasteiger partial charge in [0.05, 0.1) is 12.2 Å².